The highest BCUT2D eigenvalue weighted by molar-refractivity contribution is 9.10. The lowest BCUT2D eigenvalue weighted by molar-refractivity contribution is -0.112. The standard InChI is InChI=1S/C11H10BrClO/c1-7(5-8(2)14)10-6-9(13)3-4-11(10)12/h3-6H,1-2H3/b7-5+. The summed E-state index contributed by atoms with van der Waals surface area (Å²) in [4.78, 5) is 10.9. The summed E-state index contributed by atoms with van der Waals surface area (Å²) in [7, 11) is 0. The van der Waals surface area contributed by atoms with Crippen LogP contribution >= 0.6 is 27.5 Å². The summed E-state index contributed by atoms with van der Waals surface area (Å²) in [6, 6.07) is 5.51. The maximum Gasteiger partial charge on any atom is 0.152 e. The van der Waals surface area contributed by atoms with Gasteiger partial charge in [-0.3, -0.25) is 4.79 Å². The fourth-order valence-electron chi connectivity index (χ4n) is 1.18. The summed E-state index contributed by atoms with van der Waals surface area (Å²) in [5, 5.41) is 0.666. The molecule has 0 atom stereocenters. The van der Waals surface area contributed by atoms with E-state index in [1.54, 1.807) is 12.1 Å². The van der Waals surface area contributed by atoms with Crippen LogP contribution < -0.4 is 0 Å². The van der Waals surface area contributed by atoms with Gasteiger partial charge in [-0.2, -0.15) is 0 Å². The van der Waals surface area contributed by atoms with Crippen molar-refractivity contribution in [3.05, 3.63) is 39.3 Å². The van der Waals surface area contributed by atoms with E-state index in [9.17, 15) is 4.79 Å². The quantitative estimate of drug-likeness (QED) is 0.742. The maximum atomic E-state index is 10.9. The van der Waals surface area contributed by atoms with E-state index in [1.165, 1.54) is 6.92 Å². The van der Waals surface area contributed by atoms with Gasteiger partial charge in [-0.05, 0) is 49.3 Å². The van der Waals surface area contributed by atoms with Crippen molar-refractivity contribution in [3.8, 4) is 0 Å². The lowest BCUT2D eigenvalue weighted by atomic mass is 10.1. The van der Waals surface area contributed by atoms with E-state index in [4.69, 9.17) is 11.6 Å². The van der Waals surface area contributed by atoms with Crippen molar-refractivity contribution in [2.24, 2.45) is 0 Å². The molecular formula is C11H10BrClO. The number of allylic oxidation sites excluding steroid dienone is 2. The fourth-order valence-corrected chi connectivity index (χ4v) is 1.91. The predicted molar refractivity (Wildman–Crippen MR) is 63.5 cm³/mol. The van der Waals surface area contributed by atoms with Gasteiger partial charge in [0.2, 0.25) is 0 Å². The minimum absolute atomic E-state index is 0.0365. The van der Waals surface area contributed by atoms with Gasteiger partial charge in [-0.1, -0.05) is 27.5 Å². The van der Waals surface area contributed by atoms with E-state index in [0.717, 1.165) is 15.6 Å². The van der Waals surface area contributed by atoms with Gasteiger partial charge in [-0.15, -0.1) is 0 Å². The van der Waals surface area contributed by atoms with Gasteiger partial charge in [0.05, 0.1) is 0 Å². The minimum Gasteiger partial charge on any atom is -0.295 e. The van der Waals surface area contributed by atoms with Crippen LogP contribution in [-0.2, 0) is 4.79 Å². The highest BCUT2D eigenvalue weighted by atomic mass is 79.9. The number of hydrogen-bond donors (Lipinski definition) is 0. The molecule has 0 aromatic heterocycles. The van der Waals surface area contributed by atoms with Crippen molar-refractivity contribution >= 4 is 38.9 Å². The monoisotopic (exact) mass is 272 g/mol. The van der Waals surface area contributed by atoms with Gasteiger partial charge in [0.1, 0.15) is 0 Å². The molecule has 1 aromatic rings. The van der Waals surface area contributed by atoms with E-state index in [1.807, 2.05) is 19.1 Å². The van der Waals surface area contributed by atoms with Crippen molar-refractivity contribution in [1.29, 1.82) is 0 Å². The Balaban J connectivity index is 3.18. The Labute approximate surface area is 96.9 Å². The molecular weight excluding hydrogens is 263 g/mol. The van der Waals surface area contributed by atoms with E-state index in [0.29, 0.717) is 5.02 Å². The maximum absolute atomic E-state index is 10.9. The first-order valence-electron chi connectivity index (χ1n) is 4.15. The molecule has 1 nitrogen and oxygen atoms in total. The van der Waals surface area contributed by atoms with Gasteiger partial charge < -0.3 is 0 Å². The lowest BCUT2D eigenvalue weighted by Gasteiger charge is -2.04. The van der Waals surface area contributed by atoms with Crippen molar-refractivity contribution in [1.82, 2.24) is 0 Å². The van der Waals surface area contributed by atoms with E-state index in [-0.39, 0.29) is 5.78 Å². The highest BCUT2D eigenvalue weighted by Crippen LogP contribution is 2.27. The number of halogens is 2. The van der Waals surface area contributed by atoms with Gasteiger partial charge in [0.15, 0.2) is 5.78 Å². The molecule has 14 heavy (non-hydrogen) atoms. The van der Waals surface area contributed by atoms with Crippen LogP contribution in [0.25, 0.3) is 5.57 Å². The van der Waals surface area contributed by atoms with Gasteiger partial charge >= 0.3 is 0 Å². The third-order valence-corrected chi connectivity index (χ3v) is 2.70. The molecule has 0 amide bonds. The van der Waals surface area contributed by atoms with Crippen molar-refractivity contribution in [3.63, 3.8) is 0 Å². The molecule has 0 fully saturated rings. The summed E-state index contributed by atoms with van der Waals surface area (Å²) in [6.07, 6.45) is 1.59. The van der Waals surface area contributed by atoms with Crippen LogP contribution in [0.15, 0.2) is 28.7 Å². The largest absolute Gasteiger partial charge is 0.295 e. The molecule has 0 saturated heterocycles. The molecule has 0 spiro atoms. The molecule has 0 bridgehead atoms. The van der Waals surface area contributed by atoms with Crippen LogP contribution in [0.3, 0.4) is 0 Å². The molecule has 0 aliphatic rings. The summed E-state index contributed by atoms with van der Waals surface area (Å²) < 4.78 is 0.942. The predicted octanol–water partition coefficient (Wildman–Crippen LogP) is 4.09. The molecule has 0 unspecified atom stereocenters. The van der Waals surface area contributed by atoms with Crippen LogP contribution in [0, 0.1) is 0 Å². The fraction of sp³-hybridized carbons (Fsp3) is 0.182. The van der Waals surface area contributed by atoms with Crippen molar-refractivity contribution in [2.75, 3.05) is 0 Å². The van der Waals surface area contributed by atoms with Gasteiger partial charge in [0.25, 0.3) is 0 Å². The second-order valence-corrected chi connectivity index (χ2v) is 4.35. The molecule has 0 heterocycles. The number of benzene rings is 1. The average molecular weight is 274 g/mol. The zero-order chi connectivity index (χ0) is 10.7. The Bertz CT molecular complexity index is 396. The molecule has 74 valence electrons. The molecule has 0 radical (unpaired) electrons. The molecule has 0 aliphatic carbocycles. The van der Waals surface area contributed by atoms with Crippen LogP contribution in [0.1, 0.15) is 19.4 Å². The Hall–Kier alpha value is -0.600. The number of carbonyl (C=O) groups is 1. The number of rotatable bonds is 2. The highest BCUT2D eigenvalue weighted by Gasteiger charge is 2.03. The normalized spacial score (nSPS) is 11.6. The number of hydrogen-bond acceptors (Lipinski definition) is 1. The molecule has 3 heteroatoms. The summed E-state index contributed by atoms with van der Waals surface area (Å²) in [5.74, 6) is 0.0365. The smallest absolute Gasteiger partial charge is 0.152 e. The number of ketones is 1. The summed E-state index contributed by atoms with van der Waals surface area (Å²) >= 11 is 9.27. The Morgan fingerprint density at radius 2 is 2.07 bits per heavy atom. The van der Waals surface area contributed by atoms with Crippen LogP contribution in [0.5, 0.6) is 0 Å². The zero-order valence-corrected chi connectivity index (χ0v) is 10.3. The van der Waals surface area contributed by atoms with E-state index in [2.05, 4.69) is 15.9 Å². The van der Waals surface area contributed by atoms with Crippen molar-refractivity contribution in [2.45, 2.75) is 13.8 Å². The molecule has 1 aromatic carbocycles. The number of carbonyl (C=O) groups excluding carboxylic acids is 1. The Morgan fingerprint density at radius 1 is 1.43 bits per heavy atom. The lowest BCUT2D eigenvalue weighted by Crippen LogP contribution is -1.87. The first kappa shape index (κ1) is 11.5. The average Bonchev–Trinajstić information content (AvgIpc) is 2.08. The van der Waals surface area contributed by atoms with Crippen LogP contribution in [0.4, 0.5) is 0 Å². The van der Waals surface area contributed by atoms with Crippen molar-refractivity contribution < 1.29 is 4.79 Å². The van der Waals surface area contributed by atoms with Crippen LogP contribution in [0.2, 0.25) is 5.02 Å². The summed E-state index contributed by atoms with van der Waals surface area (Å²) in [6.45, 7) is 3.42. The van der Waals surface area contributed by atoms with Gasteiger partial charge in [0, 0.05) is 9.50 Å². The second-order valence-electron chi connectivity index (χ2n) is 3.06. The Kier molecular flexibility index (Phi) is 3.90. The third kappa shape index (κ3) is 2.96. The zero-order valence-electron chi connectivity index (χ0n) is 7.97. The van der Waals surface area contributed by atoms with Crippen LogP contribution in [-0.4, -0.2) is 5.78 Å². The molecule has 0 saturated carbocycles. The first-order valence-corrected chi connectivity index (χ1v) is 5.32. The SMILES string of the molecule is CC(=O)/C=C(\C)c1cc(Cl)ccc1Br. The Morgan fingerprint density at radius 3 is 2.64 bits per heavy atom. The molecule has 1 rings (SSSR count). The summed E-state index contributed by atoms with van der Waals surface area (Å²) in [5.41, 5.74) is 1.86. The van der Waals surface area contributed by atoms with E-state index >= 15 is 0 Å². The minimum atomic E-state index is 0.0365. The van der Waals surface area contributed by atoms with E-state index < -0.39 is 0 Å². The second kappa shape index (κ2) is 4.76. The van der Waals surface area contributed by atoms with Gasteiger partial charge in [-0.25, -0.2) is 0 Å². The topological polar surface area (TPSA) is 17.1 Å². The molecule has 0 aliphatic heterocycles. The first-order chi connectivity index (χ1) is 6.50. The third-order valence-electron chi connectivity index (χ3n) is 1.77. The molecule has 0 N–H and O–H groups in total.